The topological polar surface area (TPSA) is 39.2 Å². The average Bonchev–Trinajstić information content (AvgIpc) is 2.91. The van der Waals surface area contributed by atoms with Gasteiger partial charge in [-0.1, -0.05) is 18.2 Å². The van der Waals surface area contributed by atoms with Crippen molar-refractivity contribution in [3.63, 3.8) is 0 Å². The van der Waals surface area contributed by atoms with Crippen molar-refractivity contribution in [1.29, 1.82) is 0 Å². The van der Waals surface area contributed by atoms with Gasteiger partial charge in [-0.3, -0.25) is 0 Å². The maximum absolute atomic E-state index is 6.11. The van der Waals surface area contributed by atoms with Gasteiger partial charge in [0.15, 0.2) is 5.22 Å². The highest BCUT2D eigenvalue weighted by atomic mass is 35.5. The molecule has 3 heteroatoms. The van der Waals surface area contributed by atoms with Crippen molar-refractivity contribution in [2.75, 3.05) is 0 Å². The standard InChI is InChI=1S/C13H14ClNO/c14-12-10(5-6-13(15)7-8-13)9-3-1-2-4-11(9)16-12/h1-4H,5-8,15H2. The first-order valence-electron chi connectivity index (χ1n) is 5.63. The maximum atomic E-state index is 6.11. The molecule has 1 aromatic heterocycles. The summed E-state index contributed by atoms with van der Waals surface area (Å²) in [5, 5.41) is 1.64. The van der Waals surface area contributed by atoms with Crippen LogP contribution in [0.1, 0.15) is 24.8 Å². The lowest BCUT2D eigenvalue weighted by atomic mass is 10.0. The lowest BCUT2D eigenvalue weighted by Crippen LogP contribution is -2.22. The van der Waals surface area contributed by atoms with Crippen LogP contribution in [0.5, 0.6) is 0 Å². The Kier molecular flexibility index (Phi) is 2.23. The minimum atomic E-state index is 0.0711. The molecule has 0 spiro atoms. The smallest absolute Gasteiger partial charge is 0.197 e. The SMILES string of the molecule is NC1(CCc2c(Cl)oc3ccccc23)CC1. The van der Waals surface area contributed by atoms with Gasteiger partial charge in [-0.15, -0.1) is 0 Å². The molecule has 16 heavy (non-hydrogen) atoms. The minimum absolute atomic E-state index is 0.0711. The highest BCUT2D eigenvalue weighted by molar-refractivity contribution is 6.30. The van der Waals surface area contributed by atoms with Gasteiger partial charge in [0.1, 0.15) is 5.58 Å². The zero-order valence-corrected chi connectivity index (χ0v) is 9.76. The van der Waals surface area contributed by atoms with Crippen molar-refractivity contribution in [3.8, 4) is 0 Å². The number of nitrogens with two attached hydrogens (primary N) is 1. The van der Waals surface area contributed by atoms with E-state index in [2.05, 4.69) is 6.07 Å². The van der Waals surface area contributed by atoms with E-state index in [1.54, 1.807) is 0 Å². The Hall–Kier alpha value is -0.990. The molecule has 1 fully saturated rings. The first-order chi connectivity index (χ1) is 7.68. The van der Waals surface area contributed by atoms with E-state index in [1.165, 1.54) is 0 Å². The van der Waals surface area contributed by atoms with Gasteiger partial charge in [0.2, 0.25) is 0 Å². The molecule has 2 aromatic rings. The Morgan fingerprint density at radius 2 is 2.06 bits per heavy atom. The predicted octanol–water partition coefficient (Wildman–Crippen LogP) is 3.51. The van der Waals surface area contributed by atoms with E-state index in [0.717, 1.165) is 42.2 Å². The number of furan rings is 1. The van der Waals surface area contributed by atoms with Crippen LogP contribution in [0.3, 0.4) is 0 Å². The zero-order chi connectivity index (χ0) is 11.2. The lowest BCUT2D eigenvalue weighted by molar-refractivity contribution is 0.589. The monoisotopic (exact) mass is 235 g/mol. The summed E-state index contributed by atoms with van der Waals surface area (Å²) in [7, 11) is 0. The molecule has 0 radical (unpaired) electrons. The maximum Gasteiger partial charge on any atom is 0.197 e. The molecule has 0 amide bonds. The molecular weight excluding hydrogens is 222 g/mol. The number of halogens is 1. The number of para-hydroxylation sites is 1. The quantitative estimate of drug-likeness (QED) is 0.884. The van der Waals surface area contributed by atoms with Crippen LogP contribution >= 0.6 is 11.6 Å². The highest BCUT2D eigenvalue weighted by Gasteiger charge is 2.37. The van der Waals surface area contributed by atoms with E-state index >= 15 is 0 Å². The van der Waals surface area contributed by atoms with Crippen molar-refractivity contribution < 1.29 is 4.42 Å². The summed E-state index contributed by atoms with van der Waals surface area (Å²) in [6.45, 7) is 0. The van der Waals surface area contributed by atoms with Gasteiger partial charge >= 0.3 is 0 Å². The number of aryl methyl sites for hydroxylation is 1. The number of benzene rings is 1. The van der Waals surface area contributed by atoms with E-state index in [1.807, 2.05) is 18.2 Å². The van der Waals surface area contributed by atoms with Crippen LogP contribution in [-0.2, 0) is 6.42 Å². The Bertz CT molecular complexity index is 528. The summed E-state index contributed by atoms with van der Waals surface area (Å²) in [6.07, 6.45) is 4.18. The number of fused-ring (bicyclic) bond motifs is 1. The molecule has 0 unspecified atom stereocenters. The highest BCUT2D eigenvalue weighted by Crippen LogP contribution is 2.39. The van der Waals surface area contributed by atoms with Crippen LogP contribution in [-0.4, -0.2) is 5.54 Å². The van der Waals surface area contributed by atoms with Gasteiger partial charge in [0.25, 0.3) is 0 Å². The second-order valence-electron chi connectivity index (χ2n) is 4.71. The molecule has 3 rings (SSSR count). The number of rotatable bonds is 3. The first kappa shape index (κ1) is 10.2. The molecule has 1 aromatic carbocycles. The van der Waals surface area contributed by atoms with Crippen LogP contribution in [0.2, 0.25) is 5.22 Å². The molecule has 0 atom stereocenters. The summed E-state index contributed by atoms with van der Waals surface area (Å²) >= 11 is 6.11. The van der Waals surface area contributed by atoms with Crippen LogP contribution in [0.25, 0.3) is 11.0 Å². The van der Waals surface area contributed by atoms with Crippen LogP contribution in [0.15, 0.2) is 28.7 Å². The predicted molar refractivity (Wildman–Crippen MR) is 65.7 cm³/mol. The van der Waals surface area contributed by atoms with E-state index in [-0.39, 0.29) is 5.54 Å². The van der Waals surface area contributed by atoms with Crippen molar-refractivity contribution in [2.45, 2.75) is 31.2 Å². The lowest BCUT2D eigenvalue weighted by Gasteiger charge is -2.06. The first-order valence-corrected chi connectivity index (χ1v) is 6.01. The molecule has 2 nitrogen and oxygen atoms in total. The largest absolute Gasteiger partial charge is 0.444 e. The number of hydrogen-bond acceptors (Lipinski definition) is 2. The normalized spacial score (nSPS) is 17.9. The van der Waals surface area contributed by atoms with Gasteiger partial charge in [0, 0.05) is 16.5 Å². The van der Waals surface area contributed by atoms with Crippen molar-refractivity contribution >= 4 is 22.6 Å². The van der Waals surface area contributed by atoms with E-state index in [0.29, 0.717) is 5.22 Å². The summed E-state index contributed by atoms with van der Waals surface area (Å²) in [4.78, 5) is 0. The zero-order valence-electron chi connectivity index (χ0n) is 9.00. The molecule has 0 saturated heterocycles. The molecular formula is C13H14ClNO. The van der Waals surface area contributed by atoms with Crippen molar-refractivity contribution in [3.05, 3.63) is 35.0 Å². The molecule has 1 aliphatic rings. The number of hydrogen-bond donors (Lipinski definition) is 1. The fraction of sp³-hybridized carbons (Fsp3) is 0.385. The fourth-order valence-corrected chi connectivity index (χ4v) is 2.37. The molecule has 0 aliphatic heterocycles. The second kappa shape index (κ2) is 3.51. The second-order valence-corrected chi connectivity index (χ2v) is 5.06. The molecule has 84 valence electrons. The van der Waals surface area contributed by atoms with E-state index < -0.39 is 0 Å². The average molecular weight is 236 g/mol. The van der Waals surface area contributed by atoms with E-state index in [9.17, 15) is 0 Å². The van der Waals surface area contributed by atoms with Crippen LogP contribution in [0, 0.1) is 0 Å². The third kappa shape index (κ3) is 1.72. The van der Waals surface area contributed by atoms with Crippen molar-refractivity contribution in [1.82, 2.24) is 0 Å². The van der Waals surface area contributed by atoms with Gasteiger partial charge in [0.05, 0.1) is 0 Å². The van der Waals surface area contributed by atoms with Gasteiger partial charge in [-0.2, -0.15) is 0 Å². The molecule has 1 aliphatic carbocycles. The summed E-state index contributed by atoms with van der Waals surface area (Å²) in [5.41, 5.74) is 8.13. The molecule has 1 saturated carbocycles. The fourth-order valence-electron chi connectivity index (χ4n) is 2.09. The molecule has 1 heterocycles. The summed E-state index contributed by atoms with van der Waals surface area (Å²) in [5.74, 6) is 0. The van der Waals surface area contributed by atoms with E-state index in [4.69, 9.17) is 21.8 Å². The third-order valence-electron chi connectivity index (χ3n) is 3.41. The Balaban J connectivity index is 1.92. The molecule has 2 N–H and O–H groups in total. The Labute approximate surface area is 99.4 Å². The Morgan fingerprint density at radius 1 is 1.31 bits per heavy atom. The summed E-state index contributed by atoms with van der Waals surface area (Å²) in [6, 6.07) is 7.96. The summed E-state index contributed by atoms with van der Waals surface area (Å²) < 4.78 is 5.51. The van der Waals surface area contributed by atoms with Gasteiger partial charge in [-0.25, -0.2) is 0 Å². The van der Waals surface area contributed by atoms with Gasteiger partial charge < -0.3 is 10.2 Å². The van der Waals surface area contributed by atoms with Crippen LogP contribution < -0.4 is 5.73 Å². The van der Waals surface area contributed by atoms with Crippen LogP contribution in [0.4, 0.5) is 0 Å². The van der Waals surface area contributed by atoms with Gasteiger partial charge in [-0.05, 0) is 43.4 Å². The third-order valence-corrected chi connectivity index (χ3v) is 3.72. The van der Waals surface area contributed by atoms with Crippen molar-refractivity contribution in [2.24, 2.45) is 5.73 Å². The minimum Gasteiger partial charge on any atom is -0.444 e. The Morgan fingerprint density at radius 3 is 2.81 bits per heavy atom. The molecule has 0 bridgehead atoms.